The Morgan fingerprint density at radius 3 is 2.54 bits per heavy atom. The summed E-state index contributed by atoms with van der Waals surface area (Å²) in [7, 11) is 0. The van der Waals surface area contributed by atoms with Gasteiger partial charge in [-0.15, -0.1) is 0 Å². The molecule has 0 saturated carbocycles. The van der Waals surface area contributed by atoms with Gasteiger partial charge in [0.25, 0.3) is 0 Å². The number of aryl methyl sites for hydroxylation is 1. The van der Waals surface area contributed by atoms with Crippen LogP contribution < -0.4 is 10.6 Å². The second kappa shape index (κ2) is 7.14. The first-order valence-electron chi connectivity index (χ1n) is 7.41. The number of anilines is 2. The van der Waals surface area contributed by atoms with Crippen LogP contribution in [-0.4, -0.2) is 16.2 Å². The molecule has 2 N–H and O–H groups in total. The maximum Gasteiger partial charge on any atom is 0.323 e. The van der Waals surface area contributed by atoms with E-state index in [-0.39, 0.29) is 6.03 Å². The number of urea groups is 1. The fourth-order valence-corrected chi connectivity index (χ4v) is 2.25. The normalized spacial score (nSPS) is 10.4. The van der Waals surface area contributed by atoms with Gasteiger partial charge in [0, 0.05) is 17.7 Å². The van der Waals surface area contributed by atoms with Crippen molar-refractivity contribution in [3.8, 4) is 11.4 Å². The first-order chi connectivity index (χ1) is 11.7. The molecule has 1 aromatic heterocycles. The fraction of sp³-hybridized carbons (Fsp3) is 0.118. The number of carbonyl (C=O) groups is 1. The van der Waals surface area contributed by atoms with Crippen molar-refractivity contribution in [2.24, 2.45) is 0 Å². The Labute approximate surface area is 143 Å². The number of amides is 2. The minimum atomic E-state index is -0.372. The van der Waals surface area contributed by atoms with Gasteiger partial charge in [-0.25, -0.2) is 4.79 Å². The van der Waals surface area contributed by atoms with E-state index < -0.39 is 0 Å². The van der Waals surface area contributed by atoms with Gasteiger partial charge in [-0.1, -0.05) is 35.8 Å². The molecule has 0 atom stereocenters. The van der Waals surface area contributed by atoms with Crippen molar-refractivity contribution in [2.75, 3.05) is 10.6 Å². The van der Waals surface area contributed by atoms with Crippen LogP contribution in [0.3, 0.4) is 0 Å². The Balaban J connectivity index is 1.65. The zero-order valence-corrected chi connectivity index (χ0v) is 13.7. The second-order valence-corrected chi connectivity index (χ2v) is 5.41. The summed E-state index contributed by atoms with van der Waals surface area (Å²) < 4.78 is 5.09. The smallest absolute Gasteiger partial charge is 0.323 e. The lowest BCUT2D eigenvalue weighted by Gasteiger charge is -2.09. The van der Waals surface area contributed by atoms with Crippen LogP contribution in [0, 0.1) is 0 Å². The highest BCUT2D eigenvalue weighted by Crippen LogP contribution is 2.22. The lowest BCUT2D eigenvalue weighted by molar-refractivity contribution is 0.262. The maximum atomic E-state index is 12.0. The van der Waals surface area contributed by atoms with E-state index in [1.54, 1.807) is 36.4 Å². The summed E-state index contributed by atoms with van der Waals surface area (Å²) in [6, 6.07) is 13.8. The molecule has 24 heavy (non-hydrogen) atoms. The van der Waals surface area contributed by atoms with Gasteiger partial charge in [0.05, 0.1) is 10.7 Å². The number of benzene rings is 2. The van der Waals surface area contributed by atoms with Crippen molar-refractivity contribution in [3.05, 3.63) is 59.4 Å². The van der Waals surface area contributed by atoms with Crippen molar-refractivity contribution in [1.29, 1.82) is 0 Å². The Morgan fingerprint density at radius 2 is 1.88 bits per heavy atom. The van der Waals surface area contributed by atoms with E-state index in [9.17, 15) is 4.79 Å². The van der Waals surface area contributed by atoms with E-state index in [2.05, 4.69) is 20.8 Å². The van der Waals surface area contributed by atoms with Crippen LogP contribution in [0.2, 0.25) is 5.02 Å². The average Bonchev–Trinajstić information content (AvgIpc) is 3.07. The fourth-order valence-electron chi connectivity index (χ4n) is 2.07. The summed E-state index contributed by atoms with van der Waals surface area (Å²) in [4.78, 5) is 16.3. The Morgan fingerprint density at radius 1 is 1.12 bits per heavy atom. The van der Waals surface area contributed by atoms with Crippen molar-refractivity contribution >= 4 is 29.0 Å². The number of nitrogens with one attached hydrogen (secondary N) is 2. The maximum absolute atomic E-state index is 12.0. The zero-order chi connectivity index (χ0) is 16.9. The summed E-state index contributed by atoms with van der Waals surface area (Å²) in [6.07, 6.45) is 0.689. The van der Waals surface area contributed by atoms with Crippen molar-refractivity contribution in [1.82, 2.24) is 10.1 Å². The number of carbonyl (C=O) groups excluding carboxylic acids is 1. The molecule has 7 heteroatoms. The minimum absolute atomic E-state index is 0.372. The molecule has 0 fully saturated rings. The number of para-hydroxylation sites is 1. The van der Waals surface area contributed by atoms with Crippen LogP contribution in [0.5, 0.6) is 0 Å². The van der Waals surface area contributed by atoms with Gasteiger partial charge in [-0.2, -0.15) is 4.98 Å². The largest absolute Gasteiger partial charge is 0.339 e. The van der Waals surface area contributed by atoms with E-state index >= 15 is 0 Å². The molecular weight excluding hydrogens is 328 g/mol. The summed E-state index contributed by atoms with van der Waals surface area (Å²) >= 11 is 6.01. The number of rotatable bonds is 4. The Hall–Kier alpha value is -2.86. The first kappa shape index (κ1) is 16.0. The minimum Gasteiger partial charge on any atom is -0.339 e. The molecule has 122 valence electrons. The van der Waals surface area contributed by atoms with E-state index in [1.165, 1.54) is 0 Å². The third kappa shape index (κ3) is 3.72. The van der Waals surface area contributed by atoms with Gasteiger partial charge in [0.1, 0.15) is 0 Å². The molecule has 1 heterocycles. The SMILES string of the molecule is CCc1nc(-c2ccc(NC(=O)Nc3ccccc3Cl)cc2)no1. The van der Waals surface area contributed by atoms with Gasteiger partial charge in [-0.05, 0) is 36.4 Å². The van der Waals surface area contributed by atoms with Crippen LogP contribution in [0.1, 0.15) is 12.8 Å². The standard InChI is InChI=1S/C17H15ClN4O2/c1-2-15-21-16(22-24-15)11-7-9-12(10-8-11)19-17(23)20-14-6-4-3-5-13(14)18/h3-10H,2H2,1H3,(H2,19,20,23). The summed E-state index contributed by atoms with van der Waals surface area (Å²) in [6.45, 7) is 1.95. The third-order valence-corrected chi connectivity index (χ3v) is 3.62. The quantitative estimate of drug-likeness (QED) is 0.726. The molecule has 3 rings (SSSR count). The highest BCUT2D eigenvalue weighted by Gasteiger charge is 2.08. The Kier molecular flexibility index (Phi) is 4.77. The van der Waals surface area contributed by atoms with Gasteiger partial charge in [-0.3, -0.25) is 0 Å². The lowest BCUT2D eigenvalue weighted by atomic mass is 10.2. The molecule has 3 aromatic rings. The highest BCUT2D eigenvalue weighted by atomic mass is 35.5. The molecule has 6 nitrogen and oxygen atoms in total. The van der Waals surface area contributed by atoms with E-state index in [4.69, 9.17) is 16.1 Å². The van der Waals surface area contributed by atoms with Gasteiger partial charge in [0.15, 0.2) is 0 Å². The Bertz CT molecular complexity index is 846. The lowest BCUT2D eigenvalue weighted by Crippen LogP contribution is -2.19. The third-order valence-electron chi connectivity index (χ3n) is 3.29. The van der Waals surface area contributed by atoms with Gasteiger partial charge >= 0.3 is 6.03 Å². The zero-order valence-electron chi connectivity index (χ0n) is 12.9. The number of nitrogens with zero attached hydrogens (tertiary/aromatic N) is 2. The van der Waals surface area contributed by atoms with Crippen molar-refractivity contribution < 1.29 is 9.32 Å². The summed E-state index contributed by atoms with van der Waals surface area (Å²) in [5.74, 6) is 1.12. The van der Waals surface area contributed by atoms with E-state index in [0.29, 0.717) is 34.5 Å². The molecule has 0 radical (unpaired) electrons. The van der Waals surface area contributed by atoms with Gasteiger partial charge in [0.2, 0.25) is 11.7 Å². The number of aromatic nitrogens is 2. The van der Waals surface area contributed by atoms with Crippen LogP contribution >= 0.6 is 11.6 Å². The molecule has 0 saturated heterocycles. The first-order valence-corrected chi connectivity index (χ1v) is 7.79. The van der Waals surface area contributed by atoms with Gasteiger partial charge < -0.3 is 15.2 Å². The molecule has 0 aliphatic heterocycles. The number of hydrogen-bond donors (Lipinski definition) is 2. The molecule has 0 unspecified atom stereocenters. The molecular formula is C17H15ClN4O2. The average molecular weight is 343 g/mol. The predicted octanol–water partition coefficient (Wildman–Crippen LogP) is 4.60. The highest BCUT2D eigenvalue weighted by molar-refractivity contribution is 6.33. The van der Waals surface area contributed by atoms with Crippen LogP contribution in [0.25, 0.3) is 11.4 Å². The van der Waals surface area contributed by atoms with Crippen molar-refractivity contribution in [3.63, 3.8) is 0 Å². The number of hydrogen-bond acceptors (Lipinski definition) is 4. The topological polar surface area (TPSA) is 80.0 Å². The molecule has 0 spiro atoms. The van der Waals surface area contributed by atoms with Crippen LogP contribution in [0.15, 0.2) is 53.1 Å². The van der Waals surface area contributed by atoms with E-state index in [0.717, 1.165) is 5.56 Å². The molecule has 2 amide bonds. The summed E-state index contributed by atoms with van der Waals surface area (Å²) in [5.41, 5.74) is 2.00. The van der Waals surface area contributed by atoms with Crippen LogP contribution in [0.4, 0.5) is 16.2 Å². The van der Waals surface area contributed by atoms with Crippen molar-refractivity contribution in [2.45, 2.75) is 13.3 Å². The second-order valence-electron chi connectivity index (χ2n) is 5.00. The number of halogens is 1. The molecule has 2 aromatic carbocycles. The summed E-state index contributed by atoms with van der Waals surface area (Å²) in [5, 5.41) is 9.83. The molecule has 0 bridgehead atoms. The monoisotopic (exact) mass is 342 g/mol. The molecule has 0 aliphatic rings. The van der Waals surface area contributed by atoms with Crippen LogP contribution in [-0.2, 0) is 6.42 Å². The molecule has 0 aliphatic carbocycles. The predicted molar refractivity (Wildman–Crippen MR) is 93.2 cm³/mol. The van der Waals surface area contributed by atoms with E-state index in [1.807, 2.05) is 19.1 Å².